The third kappa shape index (κ3) is 4.70. The molecule has 0 fully saturated rings. The topological polar surface area (TPSA) is 18.5 Å². The molecule has 2 atom stereocenters. The molecular weight excluding hydrogens is 369 g/mol. The summed E-state index contributed by atoms with van der Waals surface area (Å²) in [6.45, 7) is 8.48. The Balaban J connectivity index is 2.03. The Hall–Kier alpha value is -0.594. The van der Waals surface area contributed by atoms with Crippen molar-refractivity contribution in [1.29, 1.82) is 0 Å². The van der Waals surface area contributed by atoms with Crippen molar-refractivity contribution in [3.8, 4) is 11.5 Å². The van der Waals surface area contributed by atoms with Gasteiger partial charge in [-0.3, -0.25) is 0 Å². The van der Waals surface area contributed by atoms with Gasteiger partial charge in [0, 0.05) is 0 Å². The first-order valence-corrected chi connectivity index (χ1v) is 12.2. The zero-order valence-electron chi connectivity index (χ0n) is 14.5. The second kappa shape index (κ2) is 8.49. The van der Waals surface area contributed by atoms with E-state index in [1.807, 2.05) is 0 Å². The number of hydrogen-bond acceptors (Lipinski definition) is 2. The standard InChI is InChI=1S/2C9H12OP.Co/c2*1-6-4-8(11)5-7(2)9(6)10-3;/h2*4-5,11H,1-3H3;/q2*-1;+2. The SMILES string of the molecule is COc1c(C)cc([PH][Co][PH]c2cc(C)c(OC)c(C)c2)cc1C. The van der Waals surface area contributed by atoms with E-state index >= 15 is 0 Å². The number of ether oxygens (including phenoxy) is 2. The first kappa shape index (κ1) is 18.7. The summed E-state index contributed by atoms with van der Waals surface area (Å²) < 4.78 is 10.9. The van der Waals surface area contributed by atoms with E-state index in [1.165, 1.54) is 46.7 Å². The molecule has 0 spiro atoms. The van der Waals surface area contributed by atoms with Gasteiger partial charge >= 0.3 is 148 Å². The molecule has 2 aromatic rings. The van der Waals surface area contributed by atoms with Crippen LogP contribution in [0.15, 0.2) is 24.3 Å². The second-order valence-electron chi connectivity index (χ2n) is 5.54. The van der Waals surface area contributed by atoms with Crippen LogP contribution < -0.4 is 20.1 Å². The molecule has 0 aliphatic heterocycles. The third-order valence-electron chi connectivity index (χ3n) is 3.60. The molecule has 23 heavy (non-hydrogen) atoms. The van der Waals surface area contributed by atoms with Gasteiger partial charge < -0.3 is 0 Å². The molecule has 0 heterocycles. The van der Waals surface area contributed by atoms with E-state index in [1.54, 1.807) is 14.2 Å². The van der Waals surface area contributed by atoms with Gasteiger partial charge in [0.15, 0.2) is 0 Å². The number of hydrogen-bond donors (Lipinski definition) is 0. The fourth-order valence-corrected chi connectivity index (χ4v) is 8.94. The predicted octanol–water partition coefficient (Wildman–Crippen LogP) is 4.16. The second-order valence-corrected chi connectivity index (χ2v) is 11.6. The fraction of sp³-hybridized carbons (Fsp3) is 0.333. The maximum atomic E-state index is 5.44. The molecule has 2 unspecified atom stereocenters. The fourth-order valence-electron chi connectivity index (χ4n) is 2.76. The Morgan fingerprint density at radius 3 is 1.22 bits per heavy atom. The van der Waals surface area contributed by atoms with Crippen molar-refractivity contribution in [3.63, 3.8) is 0 Å². The van der Waals surface area contributed by atoms with Gasteiger partial charge in [-0.2, -0.15) is 0 Å². The Kier molecular flexibility index (Phi) is 6.92. The molecule has 0 N–H and O–H groups in total. The molecule has 0 saturated carbocycles. The average Bonchev–Trinajstić information content (AvgIpc) is 2.46. The van der Waals surface area contributed by atoms with Crippen molar-refractivity contribution in [2.24, 2.45) is 0 Å². The summed E-state index contributed by atoms with van der Waals surface area (Å²) in [6, 6.07) is 9.02. The first-order valence-electron chi connectivity index (χ1n) is 7.37. The monoisotopic (exact) mass is 393 g/mol. The molecule has 0 amide bonds. The Labute approximate surface area is 148 Å². The van der Waals surface area contributed by atoms with Gasteiger partial charge in [-0.05, 0) is 0 Å². The Morgan fingerprint density at radius 1 is 0.652 bits per heavy atom. The minimum absolute atomic E-state index is 0.806. The molecule has 2 aromatic carbocycles. The average molecular weight is 393 g/mol. The van der Waals surface area contributed by atoms with Crippen molar-refractivity contribution >= 4 is 25.2 Å². The molecule has 127 valence electrons. The molecule has 0 aromatic heterocycles. The van der Waals surface area contributed by atoms with Crippen molar-refractivity contribution in [3.05, 3.63) is 46.5 Å². The van der Waals surface area contributed by atoms with Crippen molar-refractivity contribution in [2.75, 3.05) is 14.2 Å². The summed E-state index contributed by atoms with van der Waals surface area (Å²) in [7, 11) is 5.09. The Bertz CT molecular complexity index is 596. The van der Waals surface area contributed by atoms with E-state index in [2.05, 4.69) is 52.0 Å². The summed E-state index contributed by atoms with van der Waals surface area (Å²) in [4.78, 5) is 0. The van der Waals surface area contributed by atoms with Crippen LogP contribution in [0, 0.1) is 27.7 Å². The van der Waals surface area contributed by atoms with Gasteiger partial charge in [-0.1, -0.05) is 0 Å². The predicted molar refractivity (Wildman–Crippen MR) is 101 cm³/mol. The van der Waals surface area contributed by atoms with Crippen LogP contribution in [0.4, 0.5) is 0 Å². The normalized spacial score (nSPS) is 11.9. The van der Waals surface area contributed by atoms with Crippen LogP contribution in [-0.4, -0.2) is 14.2 Å². The van der Waals surface area contributed by atoms with E-state index in [0.717, 1.165) is 26.1 Å². The van der Waals surface area contributed by atoms with Crippen molar-refractivity contribution in [2.45, 2.75) is 27.7 Å². The van der Waals surface area contributed by atoms with Crippen LogP contribution in [0.1, 0.15) is 22.3 Å². The number of rotatable bonds is 6. The number of aryl methyl sites for hydroxylation is 4. The molecule has 2 nitrogen and oxygen atoms in total. The summed E-state index contributed by atoms with van der Waals surface area (Å²) in [6.07, 6.45) is 0. The molecule has 2 rings (SSSR count). The molecule has 0 aliphatic rings. The molecule has 0 radical (unpaired) electrons. The molecule has 5 heteroatoms. The Morgan fingerprint density at radius 2 is 0.957 bits per heavy atom. The van der Waals surface area contributed by atoms with Gasteiger partial charge in [0.05, 0.1) is 0 Å². The van der Waals surface area contributed by atoms with Gasteiger partial charge in [-0.25, -0.2) is 0 Å². The van der Waals surface area contributed by atoms with Crippen LogP contribution in [0.2, 0.25) is 0 Å². The van der Waals surface area contributed by atoms with E-state index in [-0.39, 0.29) is 0 Å². The van der Waals surface area contributed by atoms with Crippen molar-refractivity contribution in [1.82, 2.24) is 0 Å². The first-order chi connectivity index (χ1) is 11.0. The van der Waals surface area contributed by atoms with Gasteiger partial charge in [-0.15, -0.1) is 0 Å². The van der Waals surface area contributed by atoms with E-state index in [0.29, 0.717) is 0 Å². The maximum absolute atomic E-state index is 5.44. The van der Waals surface area contributed by atoms with Crippen LogP contribution >= 0.6 is 14.6 Å². The zero-order valence-corrected chi connectivity index (χ0v) is 17.5. The quantitative estimate of drug-likeness (QED) is 0.687. The number of methoxy groups -OCH3 is 2. The van der Waals surface area contributed by atoms with Crippen molar-refractivity contribution < 1.29 is 23.3 Å². The summed E-state index contributed by atoms with van der Waals surface area (Å²) in [5, 5.41) is 2.82. The summed E-state index contributed by atoms with van der Waals surface area (Å²) in [5.41, 5.74) is 4.90. The number of benzene rings is 2. The van der Waals surface area contributed by atoms with Gasteiger partial charge in [0.1, 0.15) is 0 Å². The van der Waals surface area contributed by atoms with Crippen LogP contribution in [0.25, 0.3) is 0 Å². The van der Waals surface area contributed by atoms with Crippen LogP contribution in [0.3, 0.4) is 0 Å². The zero-order chi connectivity index (χ0) is 17.0. The summed E-state index contributed by atoms with van der Waals surface area (Å²) in [5.74, 6) is 2.03. The van der Waals surface area contributed by atoms with Gasteiger partial charge in [0.2, 0.25) is 0 Å². The van der Waals surface area contributed by atoms with E-state index in [9.17, 15) is 0 Å². The van der Waals surface area contributed by atoms with Gasteiger partial charge in [0.25, 0.3) is 0 Å². The molecule has 0 bridgehead atoms. The van der Waals surface area contributed by atoms with Crippen LogP contribution in [-0.2, 0) is 13.8 Å². The minimum atomic E-state index is 0.806. The molecular formula is C18H24CoO2P2. The molecule has 0 saturated heterocycles. The third-order valence-corrected chi connectivity index (χ3v) is 9.38. The molecule has 0 aliphatic carbocycles. The van der Waals surface area contributed by atoms with E-state index in [4.69, 9.17) is 9.47 Å². The van der Waals surface area contributed by atoms with E-state index < -0.39 is 0 Å². The van der Waals surface area contributed by atoms with Crippen LogP contribution in [0.5, 0.6) is 11.5 Å². The summed E-state index contributed by atoms with van der Waals surface area (Å²) >= 11 is 1.50.